The smallest absolute Gasteiger partial charge is 0.0868 e. The van der Waals surface area contributed by atoms with E-state index in [-0.39, 0.29) is 0 Å². The third-order valence-electron chi connectivity index (χ3n) is 3.15. The van der Waals surface area contributed by atoms with Crippen molar-refractivity contribution in [2.24, 2.45) is 7.05 Å². The Morgan fingerprint density at radius 3 is 2.58 bits per heavy atom. The van der Waals surface area contributed by atoms with Gasteiger partial charge in [0.25, 0.3) is 0 Å². The number of nitrogens with one attached hydrogen (secondary N) is 1. The predicted octanol–water partition coefficient (Wildman–Crippen LogP) is 2.77. The van der Waals surface area contributed by atoms with Crippen molar-refractivity contribution in [2.45, 2.75) is 40.3 Å². The van der Waals surface area contributed by atoms with Crippen molar-refractivity contribution >= 4 is 17.3 Å². The summed E-state index contributed by atoms with van der Waals surface area (Å²) in [6, 6.07) is 0. The molecule has 0 aromatic carbocycles. The van der Waals surface area contributed by atoms with Crippen molar-refractivity contribution in [1.82, 2.24) is 19.6 Å². The summed E-state index contributed by atoms with van der Waals surface area (Å²) in [7, 11) is 1.91. The monoisotopic (exact) mass is 281 g/mol. The molecule has 0 bridgehead atoms. The van der Waals surface area contributed by atoms with E-state index in [1.54, 1.807) is 4.68 Å². The Morgan fingerprint density at radius 2 is 2.05 bits per heavy atom. The van der Waals surface area contributed by atoms with Gasteiger partial charge < -0.3 is 5.32 Å². The molecule has 0 saturated carbocycles. The van der Waals surface area contributed by atoms with Gasteiger partial charge in [0.2, 0.25) is 0 Å². The Kier molecular flexibility index (Phi) is 4.14. The SMILES string of the molecule is CCc1nn(CC)c(CNc2cn(C)nc2C)c1Cl. The minimum absolute atomic E-state index is 0.659. The third kappa shape index (κ3) is 2.76. The molecule has 0 aliphatic rings. The van der Waals surface area contributed by atoms with E-state index in [0.717, 1.165) is 40.8 Å². The van der Waals surface area contributed by atoms with Gasteiger partial charge in [0, 0.05) is 19.8 Å². The van der Waals surface area contributed by atoms with Crippen molar-refractivity contribution < 1.29 is 0 Å². The summed E-state index contributed by atoms with van der Waals surface area (Å²) in [5.41, 5.74) is 4.00. The zero-order valence-electron chi connectivity index (χ0n) is 11.9. The highest BCUT2D eigenvalue weighted by Gasteiger charge is 2.14. The predicted molar refractivity (Wildman–Crippen MR) is 77.6 cm³/mol. The van der Waals surface area contributed by atoms with Gasteiger partial charge in [-0.15, -0.1) is 0 Å². The molecule has 0 radical (unpaired) electrons. The van der Waals surface area contributed by atoms with Crippen LogP contribution < -0.4 is 5.32 Å². The Balaban J connectivity index is 2.19. The average Bonchev–Trinajstić information content (AvgIpc) is 2.86. The maximum atomic E-state index is 6.38. The third-order valence-corrected chi connectivity index (χ3v) is 3.59. The van der Waals surface area contributed by atoms with E-state index in [2.05, 4.69) is 29.4 Å². The molecular formula is C13H20ClN5. The van der Waals surface area contributed by atoms with E-state index in [1.807, 2.05) is 24.9 Å². The van der Waals surface area contributed by atoms with Crippen LogP contribution in [-0.4, -0.2) is 19.6 Å². The van der Waals surface area contributed by atoms with E-state index < -0.39 is 0 Å². The van der Waals surface area contributed by atoms with Crippen LogP contribution in [0.2, 0.25) is 5.02 Å². The molecule has 5 nitrogen and oxygen atoms in total. The van der Waals surface area contributed by atoms with Crippen molar-refractivity contribution in [2.75, 3.05) is 5.32 Å². The molecule has 0 atom stereocenters. The molecular weight excluding hydrogens is 262 g/mol. The minimum Gasteiger partial charge on any atom is -0.377 e. The summed E-state index contributed by atoms with van der Waals surface area (Å²) >= 11 is 6.38. The highest BCUT2D eigenvalue weighted by molar-refractivity contribution is 6.31. The lowest BCUT2D eigenvalue weighted by Gasteiger charge is -2.07. The van der Waals surface area contributed by atoms with Crippen molar-refractivity contribution in [3.63, 3.8) is 0 Å². The average molecular weight is 282 g/mol. The first-order chi connectivity index (χ1) is 9.06. The maximum Gasteiger partial charge on any atom is 0.0868 e. The number of aryl methyl sites for hydroxylation is 4. The molecule has 0 amide bonds. The maximum absolute atomic E-state index is 6.38. The first-order valence-corrected chi connectivity index (χ1v) is 6.92. The van der Waals surface area contributed by atoms with Crippen LogP contribution in [-0.2, 0) is 26.6 Å². The topological polar surface area (TPSA) is 47.7 Å². The van der Waals surface area contributed by atoms with E-state index in [1.165, 1.54) is 0 Å². The summed E-state index contributed by atoms with van der Waals surface area (Å²) in [5, 5.41) is 13.0. The van der Waals surface area contributed by atoms with Gasteiger partial charge in [0.1, 0.15) is 0 Å². The van der Waals surface area contributed by atoms with Crippen LogP contribution in [0, 0.1) is 6.92 Å². The van der Waals surface area contributed by atoms with Crippen LogP contribution in [0.3, 0.4) is 0 Å². The zero-order valence-corrected chi connectivity index (χ0v) is 12.6. The Hall–Kier alpha value is -1.49. The fourth-order valence-corrected chi connectivity index (χ4v) is 2.47. The Morgan fingerprint density at radius 1 is 1.32 bits per heavy atom. The van der Waals surface area contributed by atoms with E-state index in [9.17, 15) is 0 Å². The zero-order chi connectivity index (χ0) is 14.0. The summed E-state index contributed by atoms with van der Waals surface area (Å²) in [4.78, 5) is 0. The summed E-state index contributed by atoms with van der Waals surface area (Å²) < 4.78 is 3.76. The number of nitrogens with zero attached hydrogens (tertiary/aromatic N) is 4. The van der Waals surface area contributed by atoms with Crippen molar-refractivity contribution in [1.29, 1.82) is 0 Å². The van der Waals surface area contributed by atoms with Crippen LogP contribution in [0.25, 0.3) is 0 Å². The number of halogens is 1. The normalized spacial score (nSPS) is 11.0. The highest BCUT2D eigenvalue weighted by atomic mass is 35.5. The van der Waals surface area contributed by atoms with Gasteiger partial charge >= 0.3 is 0 Å². The molecule has 6 heteroatoms. The molecule has 19 heavy (non-hydrogen) atoms. The molecule has 0 aliphatic carbocycles. The summed E-state index contributed by atoms with van der Waals surface area (Å²) in [6.07, 6.45) is 2.82. The Bertz CT molecular complexity index is 570. The van der Waals surface area contributed by atoms with Gasteiger partial charge in [0.05, 0.1) is 34.3 Å². The molecule has 2 heterocycles. The summed E-state index contributed by atoms with van der Waals surface area (Å²) in [5.74, 6) is 0. The number of anilines is 1. The van der Waals surface area contributed by atoms with Gasteiger partial charge in [-0.25, -0.2) is 0 Å². The molecule has 0 saturated heterocycles. The fraction of sp³-hybridized carbons (Fsp3) is 0.538. The van der Waals surface area contributed by atoms with Crippen LogP contribution in [0.5, 0.6) is 0 Å². The second-order valence-corrected chi connectivity index (χ2v) is 4.91. The highest BCUT2D eigenvalue weighted by Crippen LogP contribution is 2.23. The lowest BCUT2D eigenvalue weighted by molar-refractivity contribution is 0.619. The van der Waals surface area contributed by atoms with Gasteiger partial charge in [-0.1, -0.05) is 18.5 Å². The fourth-order valence-electron chi connectivity index (χ4n) is 2.14. The van der Waals surface area contributed by atoms with E-state index in [0.29, 0.717) is 6.54 Å². The number of hydrogen-bond acceptors (Lipinski definition) is 3. The largest absolute Gasteiger partial charge is 0.377 e. The lowest BCUT2D eigenvalue weighted by atomic mass is 10.3. The van der Waals surface area contributed by atoms with Crippen LogP contribution in [0.1, 0.15) is 30.9 Å². The van der Waals surface area contributed by atoms with Crippen LogP contribution in [0.15, 0.2) is 6.20 Å². The number of aromatic nitrogens is 4. The van der Waals surface area contributed by atoms with Gasteiger partial charge in [-0.2, -0.15) is 10.2 Å². The van der Waals surface area contributed by atoms with Crippen LogP contribution >= 0.6 is 11.6 Å². The van der Waals surface area contributed by atoms with Gasteiger partial charge in [-0.3, -0.25) is 9.36 Å². The first-order valence-electron chi connectivity index (χ1n) is 6.54. The molecule has 2 aromatic rings. The number of rotatable bonds is 5. The lowest BCUT2D eigenvalue weighted by Crippen LogP contribution is -2.08. The second-order valence-electron chi connectivity index (χ2n) is 4.53. The molecule has 0 unspecified atom stereocenters. The van der Waals surface area contributed by atoms with Gasteiger partial charge in [0.15, 0.2) is 0 Å². The van der Waals surface area contributed by atoms with Crippen LogP contribution in [0.4, 0.5) is 5.69 Å². The van der Waals surface area contributed by atoms with E-state index in [4.69, 9.17) is 11.6 Å². The summed E-state index contributed by atoms with van der Waals surface area (Å²) in [6.45, 7) is 7.60. The number of hydrogen-bond donors (Lipinski definition) is 1. The molecule has 104 valence electrons. The Labute approximate surface area is 118 Å². The second kappa shape index (κ2) is 5.65. The molecule has 2 rings (SSSR count). The standard InChI is InChI=1S/C13H20ClN5/c1-5-10-13(14)12(19(6-2)17-10)7-15-11-8-18(4)16-9(11)3/h8,15H,5-7H2,1-4H3. The molecule has 0 fully saturated rings. The molecule has 2 aromatic heterocycles. The molecule has 0 spiro atoms. The first kappa shape index (κ1) is 13.9. The van der Waals surface area contributed by atoms with Crippen molar-refractivity contribution in [3.05, 3.63) is 28.3 Å². The van der Waals surface area contributed by atoms with Crippen molar-refractivity contribution in [3.8, 4) is 0 Å². The quantitative estimate of drug-likeness (QED) is 0.917. The molecule has 0 aliphatic heterocycles. The minimum atomic E-state index is 0.659. The van der Waals surface area contributed by atoms with E-state index >= 15 is 0 Å². The van der Waals surface area contributed by atoms with Gasteiger partial charge in [-0.05, 0) is 20.3 Å². The molecule has 1 N–H and O–H groups in total.